The van der Waals surface area contributed by atoms with E-state index in [1.54, 1.807) is 30.5 Å². The van der Waals surface area contributed by atoms with Gasteiger partial charge < -0.3 is 4.74 Å². The van der Waals surface area contributed by atoms with Crippen LogP contribution in [0.4, 0.5) is 4.39 Å². The molecule has 5 nitrogen and oxygen atoms in total. The fourth-order valence-electron chi connectivity index (χ4n) is 4.02. The number of carbonyl (C=O) groups is 1. The Hall–Kier alpha value is -3.02. The molecule has 1 aliphatic carbocycles. The van der Waals surface area contributed by atoms with Crippen molar-refractivity contribution in [2.24, 2.45) is 0 Å². The molecule has 0 bridgehead atoms. The van der Waals surface area contributed by atoms with Crippen molar-refractivity contribution < 1.29 is 13.9 Å². The number of aromatic nitrogens is 2. The van der Waals surface area contributed by atoms with Crippen LogP contribution in [-0.2, 0) is 21.6 Å². The molecule has 0 atom stereocenters. The highest BCUT2D eigenvalue weighted by Crippen LogP contribution is 2.43. The van der Waals surface area contributed by atoms with E-state index in [0.717, 1.165) is 18.4 Å². The normalized spacial score (nSPS) is 15.6. The van der Waals surface area contributed by atoms with E-state index in [4.69, 9.17) is 4.74 Å². The van der Waals surface area contributed by atoms with E-state index in [0.29, 0.717) is 29.7 Å². The Morgan fingerprint density at radius 1 is 1.21 bits per heavy atom. The molecule has 0 aliphatic heterocycles. The minimum absolute atomic E-state index is 0.116. The van der Waals surface area contributed by atoms with Gasteiger partial charge in [0, 0.05) is 17.8 Å². The van der Waals surface area contributed by atoms with Crippen LogP contribution in [0, 0.1) is 12.7 Å². The first-order valence-electron chi connectivity index (χ1n) is 9.41. The van der Waals surface area contributed by atoms with Crippen molar-refractivity contribution in [3.63, 3.8) is 0 Å². The fourth-order valence-corrected chi connectivity index (χ4v) is 4.02. The van der Waals surface area contributed by atoms with E-state index >= 15 is 0 Å². The lowest BCUT2D eigenvalue weighted by atomic mass is 9.78. The third-order valence-electron chi connectivity index (χ3n) is 5.45. The molecule has 0 N–H and O–H groups in total. The molecule has 2 heterocycles. The van der Waals surface area contributed by atoms with Crippen LogP contribution in [0.5, 0.6) is 0 Å². The molecule has 1 aromatic carbocycles. The average Bonchev–Trinajstić information content (AvgIpc) is 3.18. The zero-order valence-electron chi connectivity index (χ0n) is 15.7. The lowest BCUT2D eigenvalue weighted by Crippen LogP contribution is -2.35. The summed E-state index contributed by atoms with van der Waals surface area (Å²) in [4.78, 5) is 29.7. The number of aryl methyl sites for hydroxylation is 1. The maximum atomic E-state index is 14.4. The largest absolute Gasteiger partial charge is 0.458 e. The zero-order valence-corrected chi connectivity index (χ0v) is 15.7. The Balaban J connectivity index is 1.60. The molecule has 28 heavy (non-hydrogen) atoms. The van der Waals surface area contributed by atoms with Crippen LogP contribution in [0.3, 0.4) is 0 Å². The number of esters is 1. The zero-order chi connectivity index (χ0) is 19.7. The lowest BCUT2D eigenvalue weighted by molar-refractivity contribution is -0.152. The van der Waals surface area contributed by atoms with Gasteiger partial charge in [0.2, 0.25) is 0 Å². The van der Waals surface area contributed by atoms with Crippen molar-refractivity contribution in [3.8, 4) is 0 Å². The van der Waals surface area contributed by atoms with Crippen molar-refractivity contribution in [1.82, 2.24) is 9.38 Å². The summed E-state index contributed by atoms with van der Waals surface area (Å²) in [6.07, 6.45) is 4.52. The van der Waals surface area contributed by atoms with Gasteiger partial charge in [0.1, 0.15) is 18.1 Å². The van der Waals surface area contributed by atoms with Crippen LogP contribution in [0.1, 0.15) is 42.5 Å². The Kier molecular flexibility index (Phi) is 4.71. The Morgan fingerprint density at radius 2 is 1.96 bits per heavy atom. The molecule has 6 heteroatoms. The van der Waals surface area contributed by atoms with Gasteiger partial charge in [-0.15, -0.1) is 0 Å². The molecular weight excluding hydrogens is 359 g/mol. The van der Waals surface area contributed by atoms with E-state index in [2.05, 4.69) is 4.98 Å². The number of hydrogen-bond acceptors (Lipinski definition) is 4. The highest BCUT2D eigenvalue weighted by atomic mass is 19.1. The molecule has 0 saturated heterocycles. The van der Waals surface area contributed by atoms with Crippen molar-refractivity contribution in [1.29, 1.82) is 0 Å². The third-order valence-corrected chi connectivity index (χ3v) is 5.45. The number of nitrogens with zero attached hydrogens (tertiary/aromatic N) is 2. The maximum absolute atomic E-state index is 14.4. The number of fused-ring (bicyclic) bond motifs is 1. The van der Waals surface area contributed by atoms with Crippen LogP contribution < -0.4 is 5.56 Å². The summed E-state index contributed by atoms with van der Waals surface area (Å²) in [5, 5.41) is 0. The van der Waals surface area contributed by atoms with Gasteiger partial charge in [-0.2, -0.15) is 0 Å². The van der Waals surface area contributed by atoms with Crippen LogP contribution in [0.2, 0.25) is 0 Å². The number of rotatable bonds is 4. The maximum Gasteiger partial charge on any atom is 0.317 e. The number of benzene rings is 1. The van der Waals surface area contributed by atoms with Crippen LogP contribution in [0.15, 0.2) is 53.5 Å². The second-order valence-corrected chi connectivity index (χ2v) is 7.37. The summed E-state index contributed by atoms with van der Waals surface area (Å²) < 4.78 is 21.4. The topological polar surface area (TPSA) is 60.7 Å². The first-order chi connectivity index (χ1) is 13.5. The SMILES string of the molecule is Cc1ccc2nc(COC(=O)C3(c4ccccc4F)CCCC3)cc(=O)n2c1. The molecule has 4 rings (SSSR count). The molecule has 0 unspecified atom stereocenters. The van der Waals surface area contributed by atoms with Gasteiger partial charge in [-0.1, -0.05) is 37.1 Å². The van der Waals surface area contributed by atoms with Gasteiger partial charge in [0.05, 0.1) is 11.1 Å². The van der Waals surface area contributed by atoms with E-state index in [1.165, 1.54) is 16.5 Å². The van der Waals surface area contributed by atoms with Crippen molar-refractivity contribution in [2.45, 2.75) is 44.6 Å². The predicted molar refractivity (Wildman–Crippen MR) is 103 cm³/mol. The van der Waals surface area contributed by atoms with E-state index < -0.39 is 17.2 Å². The molecule has 2 aromatic heterocycles. The second-order valence-electron chi connectivity index (χ2n) is 7.37. The summed E-state index contributed by atoms with van der Waals surface area (Å²) in [6.45, 7) is 1.78. The quantitative estimate of drug-likeness (QED) is 0.648. The summed E-state index contributed by atoms with van der Waals surface area (Å²) >= 11 is 0. The Labute approximate surface area is 161 Å². The molecule has 0 amide bonds. The highest BCUT2D eigenvalue weighted by molar-refractivity contribution is 5.83. The number of ether oxygens (including phenoxy) is 1. The van der Waals surface area contributed by atoms with Crippen LogP contribution >= 0.6 is 0 Å². The third kappa shape index (κ3) is 3.19. The van der Waals surface area contributed by atoms with E-state index in [-0.39, 0.29) is 12.2 Å². The molecule has 1 aliphatic rings. The average molecular weight is 380 g/mol. The van der Waals surface area contributed by atoms with Gasteiger partial charge in [0.15, 0.2) is 0 Å². The lowest BCUT2D eigenvalue weighted by Gasteiger charge is -2.27. The molecule has 0 spiro atoms. The highest BCUT2D eigenvalue weighted by Gasteiger charge is 2.45. The van der Waals surface area contributed by atoms with Crippen molar-refractivity contribution in [3.05, 3.63) is 81.7 Å². The van der Waals surface area contributed by atoms with Gasteiger partial charge in [-0.25, -0.2) is 9.37 Å². The van der Waals surface area contributed by atoms with Crippen molar-refractivity contribution in [2.75, 3.05) is 0 Å². The fraction of sp³-hybridized carbons (Fsp3) is 0.318. The summed E-state index contributed by atoms with van der Waals surface area (Å²) in [6, 6.07) is 11.4. The van der Waals surface area contributed by atoms with Gasteiger partial charge in [-0.05, 0) is 37.5 Å². The monoisotopic (exact) mass is 380 g/mol. The number of halogens is 1. The minimum Gasteiger partial charge on any atom is -0.458 e. The smallest absolute Gasteiger partial charge is 0.317 e. The first-order valence-corrected chi connectivity index (χ1v) is 9.41. The standard InChI is InChI=1S/C22H21FN2O3/c1-15-8-9-19-24-16(12-20(26)25(19)13-15)14-28-21(27)22(10-4-5-11-22)17-6-2-3-7-18(17)23/h2-3,6-9,12-13H,4-5,10-11,14H2,1H3. The van der Waals surface area contributed by atoms with Gasteiger partial charge >= 0.3 is 5.97 Å². The molecular formula is C22H21FN2O3. The Morgan fingerprint density at radius 3 is 2.71 bits per heavy atom. The second kappa shape index (κ2) is 7.19. The minimum atomic E-state index is -0.964. The summed E-state index contributed by atoms with van der Waals surface area (Å²) in [7, 11) is 0. The number of pyridine rings is 1. The van der Waals surface area contributed by atoms with Crippen LogP contribution in [0.25, 0.3) is 5.65 Å². The van der Waals surface area contributed by atoms with Crippen LogP contribution in [-0.4, -0.2) is 15.4 Å². The summed E-state index contributed by atoms with van der Waals surface area (Å²) in [5.74, 6) is -0.847. The predicted octanol–water partition coefficient (Wildman–Crippen LogP) is 3.70. The molecule has 144 valence electrons. The molecule has 3 aromatic rings. The molecule has 1 fully saturated rings. The van der Waals surface area contributed by atoms with Gasteiger partial charge in [-0.3, -0.25) is 14.0 Å². The van der Waals surface area contributed by atoms with E-state index in [1.807, 2.05) is 13.0 Å². The first kappa shape index (κ1) is 18.3. The number of hydrogen-bond donors (Lipinski definition) is 0. The number of carbonyl (C=O) groups excluding carboxylic acids is 1. The van der Waals surface area contributed by atoms with E-state index in [9.17, 15) is 14.0 Å². The molecule has 1 saturated carbocycles. The molecule has 0 radical (unpaired) electrons. The van der Waals surface area contributed by atoms with Crippen molar-refractivity contribution >= 4 is 11.6 Å². The Bertz CT molecular complexity index is 1100. The van der Waals surface area contributed by atoms with Gasteiger partial charge in [0.25, 0.3) is 5.56 Å². The summed E-state index contributed by atoms with van der Waals surface area (Å²) in [5.41, 5.74) is 1.01.